The summed E-state index contributed by atoms with van der Waals surface area (Å²) in [5, 5.41) is 5.83. The molecule has 0 aliphatic heterocycles. The summed E-state index contributed by atoms with van der Waals surface area (Å²) < 4.78 is 3.01. The van der Waals surface area contributed by atoms with Gasteiger partial charge in [-0.25, -0.2) is 9.48 Å². The summed E-state index contributed by atoms with van der Waals surface area (Å²) >= 11 is 12.1. The first-order chi connectivity index (χ1) is 16.5. The van der Waals surface area contributed by atoms with Crippen LogP contribution in [0.5, 0.6) is 0 Å². The minimum Gasteiger partial charge on any atom is -0.298 e. The molecule has 5 nitrogen and oxygen atoms in total. The van der Waals surface area contributed by atoms with E-state index in [0.29, 0.717) is 15.9 Å². The third-order valence-electron chi connectivity index (χ3n) is 6.12. The van der Waals surface area contributed by atoms with E-state index in [9.17, 15) is 9.59 Å². The molecule has 4 aromatic rings. The molecular formula is C27H23Cl2N3O2. The molecule has 1 saturated carbocycles. The predicted molar refractivity (Wildman–Crippen MR) is 135 cm³/mol. The van der Waals surface area contributed by atoms with Crippen LogP contribution < -0.4 is 5.69 Å². The summed E-state index contributed by atoms with van der Waals surface area (Å²) in [6.45, 7) is -0.0733. The van der Waals surface area contributed by atoms with Crippen LogP contribution in [0.1, 0.15) is 42.3 Å². The number of ketones is 1. The van der Waals surface area contributed by atoms with Crippen LogP contribution in [0.2, 0.25) is 10.0 Å². The molecule has 1 unspecified atom stereocenters. The number of benzene rings is 3. The molecule has 0 N–H and O–H groups in total. The number of halogens is 2. The molecule has 1 atom stereocenters. The first kappa shape index (κ1) is 22.6. The molecule has 1 heterocycles. The molecular weight excluding hydrogens is 469 g/mol. The van der Waals surface area contributed by atoms with E-state index in [4.69, 9.17) is 23.2 Å². The van der Waals surface area contributed by atoms with E-state index in [2.05, 4.69) is 5.10 Å². The number of nitrogens with zero attached hydrogens (tertiary/aromatic N) is 3. The average molecular weight is 492 g/mol. The van der Waals surface area contributed by atoms with Crippen molar-refractivity contribution in [1.29, 1.82) is 0 Å². The summed E-state index contributed by atoms with van der Waals surface area (Å²) in [5.41, 5.74) is 2.60. The zero-order chi connectivity index (χ0) is 23.7. The summed E-state index contributed by atoms with van der Waals surface area (Å²) in [6.07, 6.45) is 2.13. The van der Waals surface area contributed by atoms with E-state index in [1.807, 2.05) is 66.7 Å². The maximum atomic E-state index is 13.2. The van der Waals surface area contributed by atoms with Crippen LogP contribution >= 0.6 is 23.2 Å². The Morgan fingerprint density at radius 2 is 1.47 bits per heavy atom. The van der Waals surface area contributed by atoms with E-state index >= 15 is 0 Å². The van der Waals surface area contributed by atoms with Crippen molar-refractivity contribution in [2.24, 2.45) is 0 Å². The minimum absolute atomic E-state index is 0.0611. The van der Waals surface area contributed by atoms with Gasteiger partial charge in [-0.2, -0.15) is 0 Å². The zero-order valence-corrected chi connectivity index (χ0v) is 19.9. The lowest BCUT2D eigenvalue weighted by atomic mass is 9.87. The van der Waals surface area contributed by atoms with Gasteiger partial charge in [0.1, 0.15) is 6.54 Å². The lowest BCUT2D eigenvalue weighted by Crippen LogP contribution is -2.28. The van der Waals surface area contributed by atoms with E-state index in [-0.39, 0.29) is 36.4 Å². The first-order valence-corrected chi connectivity index (χ1v) is 12.0. The Bertz CT molecular complexity index is 1360. The Hall–Kier alpha value is -3.15. The van der Waals surface area contributed by atoms with E-state index in [1.54, 1.807) is 16.7 Å². The highest BCUT2D eigenvalue weighted by Gasteiger charge is 2.31. The highest BCUT2D eigenvalue weighted by atomic mass is 35.5. The number of hydrogen-bond acceptors (Lipinski definition) is 3. The van der Waals surface area contributed by atoms with Crippen LogP contribution in [0.4, 0.5) is 0 Å². The summed E-state index contributed by atoms with van der Waals surface area (Å²) in [4.78, 5) is 26.4. The Balaban J connectivity index is 1.43. The van der Waals surface area contributed by atoms with Gasteiger partial charge in [-0.05, 0) is 60.4 Å². The highest BCUT2D eigenvalue weighted by molar-refractivity contribution is 6.30. The normalized spacial score (nSPS) is 14.2. The minimum atomic E-state index is -0.247. The molecule has 7 heteroatoms. The first-order valence-electron chi connectivity index (χ1n) is 11.3. The van der Waals surface area contributed by atoms with Gasteiger partial charge in [-0.1, -0.05) is 65.7 Å². The molecule has 3 aromatic carbocycles. The third-order valence-corrected chi connectivity index (χ3v) is 6.62. The lowest BCUT2D eigenvalue weighted by molar-refractivity contribution is -0.120. The molecule has 1 aliphatic rings. The second kappa shape index (κ2) is 9.61. The number of aromatic nitrogens is 3. The topological polar surface area (TPSA) is 56.9 Å². The molecule has 1 fully saturated rings. The summed E-state index contributed by atoms with van der Waals surface area (Å²) in [5.74, 6) is 0.381. The molecule has 172 valence electrons. The molecule has 0 spiro atoms. The fraction of sp³-hybridized carbons (Fsp3) is 0.222. The Morgan fingerprint density at radius 1 is 0.882 bits per heavy atom. The van der Waals surface area contributed by atoms with E-state index in [0.717, 1.165) is 29.5 Å². The van der Waals surface area contributed by atoms with Crippen molar-refractivity contribution in [3.63, 3.8) is 0 Å². The molecule has 1 aromatic heterocycles. The van der Waals surface area contributed by atoms with Crippen molar-refractivity contribution < 1.29 is 4.79 Å². The largest absolute Gasteiger partial charge is 0.346 e. The van der Waals surface area contributed by atoms with Gasteiger partial charge in [0.2, 0.25) is 0 Å². The van der Waals surface area contributed by atoms with Crippen LogP contribution in [0.25, 0.3) is 11.4 Å². The van der Waals surface area contributed by atoms with Crippen molar-refractivity contribution in [3.8, 4) is 11.4 Å². The van der Waals surface area contributed by atoms with E-state index < -0.39 is 0 Å². The molecule has 0 radical (unpaired) electrons. The fourth-order valence-electron chi connectivity index (χ4n) is 4.25. The van der Waals surface area contributed by atoms with Gasteiger partial charge in [0.05, 0.1) is 0 Å². The van der Waals surface area contributed by atoms with Gasteiger partial charge in [-0.15, -0.1) is 5.10 Å². The molecule has 1 aliphatic carbocycles. The lowest BCUT2D eigenvalue weighted by Gasteiger charge is -2.17. The van der Waals surface area contributed by atoms with Gasteiger partial charge < -0.3 is 0 Å². The van der Waals surface area contributed by atoms with Crippen LogP contribution in [-0.4, -0.2) is 20.1 Å². The Kier molecular flexibility index (Phi) is 6.40. The van der Waals surface area contributed by atoms with Gasteiger partial charge >= 0.3 is 5.69 Å². The second-order valence-electron chi connectivity index (χ2n) is 8.63. The van der Waals surface area contributed by atoms with Crippen molar-refractivity contribution in [3.05, 3.63) is 111 Å². The fourth-order valence-corrected chi connectivity index (χ4v) is 4.50. The van der Waals surface area contributed by atoms with Crippen molar-refractivity contribution in [2.45, 2.75) is 37.8 Å². The molecule has 5 rings (SSSR count). The van der Waals surface area contributed by atoms with Crippen molar-refractivity contribution in [1.82, 2.24) is 14.3 Å². The van der Waals surface area contributed by atoms with Gasteiger partial charge in [-0.3, -0.25) is 9.36 Å². The smallest absolute Gasteiger partial charge is 0.298 e. The van der Waals surface area contributed by atoms with E-state index in [1.165, 1.54) is 4.68 Å². The van der Waals surface area contributed by atoms with Gasteiger partial charge in [0.25, 0.3) is 0 Å². The number of rotatable bonds is 8. The average Bonchev–Trinajstić information content (AvgIpc) is 3.63. The predicted octanol–water partition coefficient (Wildman–Crippen LogP) is 6.14. The van der Waals surface area contributed by atoms with Crippen LogP contribution in [0.15, 0.2) is 83.7 Å². The van der Waals surface area contributed by atoms with Crippen molar-refractivity contribution >= 4 is 29.0 Å². The van der Waals surface area contributed by atoms with Crippen LogP contribution in [-0.2, 0) is 11.3 Å². The molecule has 0 bridgehead atoms. The summed E-state index contributed by atoms with van der Waals surface area (Å²) in [6, 6.07) is 24.8. The van der Waals surface area contributed by atoms with Gasteiger partial charge in [0.15, 0.2) is 11.6 Å². The number of carbonyl (C=O) groups excluding carboxylic acids is 1. The maximum absolute atomic E-state index is 13.2. The number of Topliss-reactive ketones (excluding diaryl/α,β-unsaturated/α-hetero) is 1. The third kappa shape index (κ3) is 4.86. The monoisotopic (exact) mass is 491 g/mol. The standard InChI is InChI=1S/C27H23Cl2N3O2/c28-21-10-6-19(7-11-21)25(18-4-2-1-3-5-18)16-24(33)17-31-27(34)32(23-14-15-23)26(30-31)20-8-12-22(29)13-9-20/h1-13,23,25H,14-17H2. The van der Waals surface area contributed by atoms with Crippen LogP contribution in [0, 0.1) is 0 Å². The Labute approximate surface area is 207 Å². The number of hydrogen-bond donors (Lipinski definition) is 0. The highest BCUT2D eigenvalue weighted by Crippen LogP contribution is 2.36. The van der Waals surface area contributed by atoms with Crippen LogP contribution in [0.3, 0.4) is 0 Å². The summed E-state index contributed by atoms with van der Waals surface area (Å²) in [7, 11) is 0. The molecule has 0 amide bonds. The quantitative estimate of drug-likeness (QED) is 0.297. The zero-order valence-electron chi connectivity index (χ0n) is 18.4. The second-order valence-corrected chi connectivity index (χ2v) is 9.50. The maximum Gasteiger partial charge on any atom is 0.346 e. The number of carbonyl (C=O) groups is 1. The van der Waals surface area contributed by atoms with Gasteiger partial charge in [0, 0.05) is 34.0 Å². The molecule has 34 heavy (non-hydrogen) atoms. The van der Waals surface area contributed by atoms with Crippen molar-refractivity contribution in [2.75, 3.05) is 0 Å². The SMILES string of the molecule is O=C(CC(c1ccccc1)c1ccc(Cl)cc1)Cn1nc(-c2ccc(Cl)cc2)n(C2CC2)c1=O. The molecule has 0 saturated heterocycles. The Morgan fingerprint density at radius 3 is 2.09 bits per heavy atom.